The van der Waals surface area contributed by atoms with Crippen LogP contribution in [0.4, 0.5) is 0 Å². The van der Waals surface area contributed by atoms with Crippen LogP contribution in [0.2, 0.25) is 0 Å². The number of nitrogens with one attached hydrogen (secondary N) is 1. The van der Waals surface area contributed by atoms with Crippen molar-refractivity contribution in [2.75, 3.05) is 13.1 Å². The van der Waals surface area contributed by atoms with E-state index in [1.165, 1.54) is 0 Å². The Bertz CT molecular complexity index is 475. The second-order valence-electron chi connectivity index (χ2n) is 5.57. The van der Waals surface area contributed by atoms with Gasteiger partial charge in [0.1, 0.15) is 6.29 Å². The van der Waals surface area contributed by atoms with Crippen LogP contribution in [0.15, 0.2) is 36.6 Å². The molecule has 2 rings (SSSR count). The maximum Gasteiger partial charge on any atom is 0.238 e. The molecule has 0 aromatic heterocycles. The van der Waals surface area contributed by atoms with Crippen LogP contribution < -0.4 is 5.32 Å². The summed E-state index contributed by atoms with van der Waals surface area (Å²) in [4.78, 5) is 25.7. The van der Waals surface area contributed by atoms with Crippen molar-refractivity contribution in [3.8, 4) is 0 Å². The highest BCUT2D eigenvalue weighted by Gasteiger charge is 2.49. The number of allylic oxidation sites excluding steroid dienone is 2. The predicted octanol–water partition coefficient (Wildman–Crippen LogP) is 1.80. The third-order valence-electron chi connectivity index (χ3n) is 4.38. The average Bonchev–Trinajstić information content (AvgIpc) is 2.68. The predicted molar refractivity (Wildman–Crippen MR) is 78.9 cm³/mol. The van der Waals surface area contributed by atoms with Gasteiger partial charge in [0.25, 0.3) is 0 Å². The summed E-state index contributed by atoms with van der Waals surface area (Å²) in [6, 6.07) is 0.181. The molecule has 4 nitrogen and oxygen atoms in total. The zero-order valence-electron chi connectivity index (χ0n) is 12.0. The third kappa shape index (κ3) is 2.14. The summed E-state index contributed by atoms with van der Waals surface area (Å²) in [5, 5.41) is 3.30. The Morgan fingerprint density at radius 3 is 2.50 bits per heavy atom. The molecular formula is C16H22N2O2. The van der Waals surface area contributed by atoms with Crippen LogP contribution in [0.5, 0.6) is 0 Å². The van der Waals surface area contributed by atoms with Crippen LogP contribution in [0.1, 0.15) is 26.2 Å². The normalized spacial score (nSPS) is 27.9. The van der Waals surface area contributed by atoms with Crippen LogP contribution in [0.3, 0.4) is 0 Å². The van der Waals surface area contributed by atoms with Crippen molar-refractivity contribution >= 4 is 12.2 Å². The topological polar surface area (TPSA) is 49.4 Å². The molecule has 0 bridgehead atoms. The number of nitrogens with zero attached hydrogens (tertiary/aromatic N) is 1. The van der Waals surface area contributed by atoms with Gasteiger partial charge in [0.2, 0.25) is 5.91 Å². The molecule has 0 aromatic carbocycles. The third-order valence-corrected chi connectivity index (χ3v) is 4.38. The Morgan fingerprint density at radius 1 is 1.35 bits per heavy atom. The second kappa shape index (κ2) is 5.75. The number of carbonyl (C=O) groups excluding carboxylic acids is 2. The monoisotopic (exact) mass is 274 g/mol. The quantitative estimate of drug-likeness (QED) is 0.778. The molecule has 1 saturated heterocycles. The van der Waals surface area contributed by atoms with E-state index in [1.54, 1.807) is 12.2 Å². The van der Waals surface area contributed by atoms with Gasteiger partial charge >= 0.3 is 0 Å². The van der Waals surface area contributed by atoms with Crippen LogP contribution in [0, 0.1) is 5.41 Å². The Morgan fingerprint density at radius 2 is 2.00 bits per heavy atom. The summed E-state index contributed by atoms with van der Waals surface area (Å²) < 4.78 is 0. The van der Waals surface area contributed by atoms with Crippen molar-refractivity contribution in [1.29, 1.82) is 0 Å². The molecule has 1 unspecified atom stereocenters. The Labute approximate surface area is 120 Å². The summed E-state index contributed by atoms with van der Waals surface area (Å²) >= 11 is 0. The summed E-state index contributed by atoms with van der Waals surface area (Å²) in [5.74, 6) is 0.00120. The van der Waals surface area contributed by atoms with Gasteiger partial charge in [0.15, 0.2) is 0 Å². The number of piperidine rings is 1. The van der Waals surface area contributed by atoms with E-state index in [0.717, 1.165) is 43.5 Å². The Kier molecular flexibility index (Phi) is 4.23. The molecule has 2 aliphatic heterocycles. The molecule has 2 heterocycles. The molecule has 1 N–H and O–H groups in total. The minimum absolute atomic E-state index is 0.00120. The highest BCUT2D eigenvalue weighted by atomic mass is 16.2. The minimum Gasteiger partial charge on any atom is -0.317 e. The van der Waals surface area contributed by atoms with E-state index in [-0.39, 0.29) is 18.4 Å². The van der Waals surface area contributed by atoms with Crippen LogP contribution >= 0.6 is 0 Å². The average molecular weight is 274 g/mol. The van der Waals surface area contributed by atoms with Crippen molar-refractivity contribution < 1.29 is 9.59 Å². The van der Waals surface area contributed by atoms with Crippen molar-refractivity contribution in [2.24, 2.45) is 5.41 Å². The smallest absolute Gasteiger partial charge is 0.238 e. The number of rotatable bonds is 5. The lowest BCUT2D eigenvalue weighted by Gasteiger charge is -2.34. The number of amides is 1. The molecule has 0 spiro atoms. The van der Waals surface area contributed by atoms with Gasteiger partial charge in [-0.25, -0.2) is 0 Å². The minimum atomic E-state index is -0.794. The first kappa shape index (κ1) is 14.7. The highest BCUT2D eigenvalue weighted by Crippen LogP contribution is 2.44. The van der Waals surface area contributed by atoms with Crippen LogP contribution in [-0.2, 0) is 9.59 Å². The summed E-state index contributed by atoms with van der Waals surface area (Å²) in [6.07, 6.45) is 6.25. The highest BCUT2D eigenvalue weighted by molar-refractivity contribution is 5.94. The first-order chi connectivity index (χ1) is 9.60. The Hall–Kier alpha value is -1.68. The van der Waals surface area contributed by atoms with Crippen LogP contribution in [-0.4, -0.2) is 36.2 Å². The lowest BCUT2D eigenvalue weighted by Crippen LogP contribution is -2.46. The SMILES string of the molecule is C=CC1=C(C=C)C(C)(CC=O)C(=O)N1C1CCNCC1. The van der Waals surface area contributed by atoms with Gasteiger partial charge in [-0.1, -0.05) is 19.2 Å². The number of hydrogen-bond donors (Lipinski definition) is 1. The van der Waals surface area contributed by atoms with Gasteiger partial charge in [-0.15, -0.1) is 0 Å². The van der Waals surface area contributed by atoms with Crippen molar-refractivity contribution in [2.45, 2.75) is 32.2 Å². The molecule has 0 aromatic rings. The molecule has 0 aliphatic carbocycles. The zero-order chi connectivity index (χ0) is 14.8. The summed E-state index contributed by atoms with van der Waals surface area (Å²) in [7, 11) is 0. The van der Waals surface area contributed by atoms with E-state index in [0.29, 0.717) is 0 Å². The van der Waals surface area contributed by atoms with Crippen LogP contribution in [0.25, 0.3) is 0 Å². The summed E-state index contributed by atoms with van der Waals surface area (Å²) in [6.45, 7) is 11.3. The molecule has 0 saturated carbocycles. The lowest BCUT2D eigenvalue weighted by molar-refractivity contribution is -0.138. The van der Waals surface area contributed by atoms with E-state index in [9.17, 15) is 9.59 Å². The fourth-order valence-electron chi connectivity index (χ4n) is 3.23. The standard InChI is InChI=1S/C16H22N2O2/c1-4-13-14(5-2)18(12-6-9-17-10-7-12)15(20)16(13,3)8-11-19/h4-5,11-12,17H,1-2,6-10H2,3H3. The van der Waals surface area contributed by atoms with Gasteiger partial charge in [0.05, 0.1) is 5.41 Å². The van der Waals surface area contributed by atoms with E-state index >= 15 is 0 Å². The van der Waals surface area contributed by atoms with E-state index in [1.807, 2.05) is 11.8 Å². The van der Waals surface area contributed by atoms with Gasteiger partial charge in [-0.3, -0.25) is 4.79 Å². The molecule has 2 aliphatic rings. The van der Waals surface area contributed by atoms with E-state index in [4.69, 9.17) is 0 Å². The van der Waals surface area contributed by atoms with Crippen molar-refractivity contribution in [1.82, 2.24) is 10.2 Å². The molecule has 1 atom stereocenters. The molecule has 0 radical (unpaired) electrons. The molecule has 1 amide bonds. The van der Waals surface area contributed by atoms with E-state index < -0.39 is 5.41 Å². The molecule has 108 valence electrons. The maximum absolute atomic E-state index is 12.9. The van der Waals surface area contributed by atoms with Gasteiger partial charge in [-0.05, 0) is 44.5 Å². The first-order valence-electron chi connectivity index (χ1n) is 7.07. The fourth-order valence-corrected chi connectivity index (χ4v) is 3.23. The molecule has 1 fully saturated rings. The van der Waals surface area contributed by atoms with Crippen molar-refractivity contribution in [3.05, 3.63) is 36.6 Å². The van der Waals surface area contributed by atoms with E-state index in [2.05, 4.69) is 18.5 Å². The number of carbonyl (C=O) groups is 2. The maximum atomic E-state index is 12.9. The first-order valence-corrected chi connectivity index (χ1v) is 7.07. The molecular weight excluding hydrogens is 252 g/mol. The van der Waals surface area contributed by atoms with Gasteiger partial charge in [-0.2, -0.15) is 0 Å². The molecule has 20 heavy (non-hydrogen) atoms. The fraction of sp³-hybridized carbons (Fsp3) is 0.500. The van der Waals surface area contributed by atoms with Crippen molar-refractivity contribution in [3.63, 3.8) is 0 Å². The molecule has 4 heteroatoms. The largest absolute Gasteiger partial charge is 0.317 e. The van der Waals surface area contributed by atoms with Gasteiger partial charge < -0.3 is 15.0 Å². The number of hydrogen-bond acceptors (Lipinski definition) is 3. The summed E-state index contributed by atoms with van der Waals surface area (Å²) in [5.41, 5.74) is 0.849. The zero-order valence-corrected chi connectivity index (χ0v) is 12.0. The van der Waals surface area contributed by atoms with Gasteiger partial charge in [0, 0.05) is 18.2 Å². The second-order valence-corrected chi connectivity index (χ2v) is 5.57. The Balaban J connectivity index is 2.44. The number of aldehydes is 1. The lowest BCUT2D eigenvalue weighted by atomic mass is 9.80.